The normalized spacial score (nSPS) is 18.1. The largest absolute Gasteiger partial charge is 0.389 e. The molecule has 1 heterocycles. The highest BCUT2D eigenvalue weighted by molar-refractivity contribution is 5.93. The van der Waals surface area contributed by atoms with Crippen molar-refractivity contribution in [1.29, 1.82) is 0 Å². The smallest absolute Gasteiger partial charge is 0.230 e. The molecule has 1 amide bonds. The molecule has 2 aromatic rings. The SMILES string of the molecule is CC(C(=O)Nc1ccccc1)C1(O)CCN(CCCC(CC(O)O)c2ccc(F)cc2)CC1. The van der Waals surface area contributed by atoms with Crippen molar-refractivity contribution in [2.45, 2.75) is 56.8 Å². The number of likely N-dealkylation sites (tertiary alicyclic amines) is 1. The van der Waals surface area contributed by atoms with Gasteiger partial charge in [0.2, 0.25) is 5.91 Å². The Morgan fingerprint density at radius 1 is 1.09 bits per heavy atom. The van der Waals surface area contributed by atoms with E-state index in [9.17, 15) is 24.5 Å². The molecule has 0 radical (unpaired) electrons. The highest BCUT2D eigenvalue weighted by Gasteiger charge is 2.40. The number of amides is 1. The number of para-hydroxylation sites is 1. The third kappa shape index (κ3) is 7.33. The number of nitrogens with one attached hydrogen (secondary N) is 1. The molecule has 4 N–H and O–H groups in total. The van der Waals surface area contributed by atoms with Crippen LogP contribution in [0.4, 0.5) is 10.1 Å². The minimum absolute atomic E-state index is 0.0611. The fourth-order valence-corrected chi connectivity index (χ4v) is 4.58. The van der Waals surface area contributed by atoms with E-state index in [4.69, 9.17) is 0 Å². The van der Waals surface area contributed by atoms with E-state index < -0.39 is 17.8 Å². The summed E-state index contributed by atoms with van der Waals surface area (Å²) < 4.78 is 13.2. The summed E-state index contributed by atoms with van der Waals surface area (Å²) in [5, 5.41) is 32.9. The Labute approximate surface area is 195 Å². The summed E-state index contributed by atoms with van der Waals surface area (Å²) >= 11 is 0. The summed E-state index contributed by atoms with van der Waals surface area (Å²) in [6.07, 6.45) is 1.44. The molecule has 1 saturated heterocycles. The zero-order valence-electron chi connectivity index (χ0n) is 19.2. The van der Waals surface area contributed by atoms with Crippen LogP contribution in [-0.4, -0.2) is 57.7 Å². The predicted octanol–water partition coefficient (Wildman–Crippen LogP) is 3.49. The number of aliphatic hydroxyl groups excluding tert-OH is 1. The summed E-state index contributed by atoms with van der Waals surface area (Å²) in [6, 6.07) is 15.4. The lowest BCUT2D eigenvalue weighted by atomic mass is 9.80. The van der Waals surface area contributed by atoms with Gasteiger partial charge in [0.05, 0.1) is 11.5 Å². The monoisotopic (exact) mass is 458 g/mol. The number of aliphatic hydroxyl groups is 3. The van der Waals surface area contributed by atoms with E-state index in [0.29, 0.717) is 25.9 Å². The zero-order valence-corrected chi connectivity index (χ0v) is 19.2. The fraction of sp³-hybridized carbons (Fsp3) is 0.500. The van der Waals surface area contributed by atoms with Crippen LogP contribution in [-0.2, 0) is 4.79 Å². The van der Waals surface area contributed by atoms with Crippen LogP contribution in [0.1, 0.15) is 50.5 Å². The molecule has 180 valence electrons. The van der Waals surface area contributed by atoms with Crippen LogP contribution < -0.4 is 5.32 Å². The molecule has 0 aromatic heterocycles. The second kappa shape index (κ2) is 11.7. The number of piperidine rings is 1. The van der Waals surface area contributed by atoms with Gasteiger partial charge in [0.15, 0.2) is 6.29 Å². The Bertz CT molecular complexity index is 868. The van der Waals surface area contributed by atoms with Crippen LogP contribution >= 0.6 is 0 Å². The number of carbonyl (C=O) groups excluding carboxylic acids is 1. The standard InChI is InChI=1S/C26H35FN2O4/c1-19(25(32)28-23-7-3-2-4-8-23)26(33)13-16-29(17-14-26)15-5-6-21(18-24(30)31)20-9-11-22(27)12-10-20/h2-4,7-12,19,21,24,30-31,33H,5-6,13-18H2,1H3,(H,28,32). The maximum absolute atomic E-state index is 13.2. The van der Waals surface area contributed by atoms with E-state index in [1.807, 2.05) is 30.3 Å². The van der Waals surface area contributed by atoms with E-state index in [1.165, 1.54) is 12.1 Å². The van der Waals surface area contributed by atoms with Crippen molar-refractivity contribution in [3.05, 3.63) is 66.0 Å². The lowest BCUT2D eigenvalue weighted by Crippen LogP contribution is -2.51. The van der Waals surface area contributed by atoms with Gasteiger partial charge >= 0.3 is 0 Å². The Hall–Kier alpha value is -2.32. The van der Waals surface area contributed by atoms with Crippen LogP contribution in [0.25, 0.3) is 0 Å². The minimum atomic E-state index is -1.41. The number of carbonyl (C=O) groups is 1. The molecule has 1 fully saturated rings. The first-order valence-electron chi connectivity index (χ1n) is 11.7. The summed E-state index contributed by atoms with van der Waals surface area (Å²) in [5.74, 6) is -1.07. The lowest BCUT2D eigenvalue weighted by Gasteiger charge is -2.41. The maximum Gasteiger partial charge on any atom is 0.230 e. The number of hydrogen-bond acceptors (Lipinski definition) is 5. The van der Waals surface area contributed by atoms with Crippen molar-refractivity contribution in [3.8, 4) is 0 Å². The highest BCUT2D eigenvalue weighted by Crippen LogP contribution is 2.32. The number of nitrogens with zero attached hydrogens (tertiary/aromatic N) is 1. The van der Waals surface area contributed by atoms with Gasteiger partial charge in [0.1, 0.15) is 5.82 Å². The number of benzene rings is 2. The van der Waals surface area contributed by atoms with Crippen molar-refractivity contribution >= 4 is 11.6 Å². The molecular weight excluding hydrogens is 423 g/mol. The molecule has 0 aliphatic carbocycles. The van der Waals surface area contributed by atoms with Gasteiger partial charge in [-0.3, -0.25) is 4.79 Å². The van der Waals surface area contributed by atoms with Crippen LogP contribution in [0.3, 0.4) is 0 Å². The molecule has 3 rings (SSSR count). The molecule has 0 bridgehead atoms. The first kappa shape index (κ1) is 25.3. The number of anilines is 1. The van der Waals surface area contributed by atoms with Gasteiger partial charge in [-0.15, -0.1) is 0 Å². The molecule has 2 unspecified atom stereocenters. The van der Waals surface area contributed by atoms with E-state index in [2.05, 4.69) is 10.2 Å². The molecule has 0 saturated carbocycles. The Morgan fingerprint density at radius 2 is 1.73 bits per heavy atom. The third-order valence-electron chi connectivity index (χ3n) is 6.83. The highest BCUT2D eigenvalue weighted by atomic mass is 19.1. The van der Waals surface area contributed by atoms with Gasteiger partial charge in [0.25, 0.3) is 0 Å². The van der Waals surface area contributed by atoms with E-state index in [-0.39, 0.29) is 24.1 Å². The third-order valence-corrected chi connectivity index (χ3v) is 6.83. The van der Waals surface area contributed by atoms with E-state index in [1.54, 1.807) is 19.1 Å². The molecule has 2 atom stereocenters. The van der Waals surface area contributed by atoms with E-state index in [0.717, 1.165) is 30.6 Å². The van der Waals surface area contributed by atoms with E-state index >= 15 is 0 Å². The molecular formula is C26H35FN2O4. The zero-order chi connectivity index (χ0) is 23.8. The molecule has 33 heavy (non-hydrogen) atoms. The molecule has 6 nitrogen and oxygen atoms in total. The predicted molar refractivity (Wildman–Crippen MR) is 126 cm³/mol. The van der Waals surface area contributed by atoms with Crippen molar-refractivity contribution in [2.24, 2.45) is 5.92 Å². The average molecular weight is 459 g/mol. The summed E-state index contributed by atoms with van der Waals surface area (Å²) in [7, 11) is 0. The Morgan fingerprint density at radius 3 is 2.33 bits per heavy atom. The molecule has 7 heteroatoms. The lowest BCUT2D eigenvalue weighted by molar-refractivity contribution is -0.132. The topological polar surface area (TPSA) is 93.0 Å². The second-order valence-electron chi connectivity index (χ2n) is 9.13. The first-order chi connectivity index (χ1) is 15.8. The van der Waals surface area contributed by atoms with Gasteiger partial charge < -0.3 is 25.5 Å². The molecule has 1 aliphatic rings. The number of halogens is 1. The summed E-state index contributed by atoms with van der Waals surface area (Å²) in [6.45, 7) is 3.99. The van der Waals surface area contributed by atoms with Gasteiger partial charge in [-0.2, -0.15) is 0 Å². The maximum atomic E-state index is 13.2. The van der Waals surface area contributed by atoms with Crippen LogP contribution in [0, 0.1) is 11.7 Å². The van der Waals surface area contributed by atoms with Gasteiger partial charge in [-0.25, -0.2) is 4.39 Å². The van der Waals surface area contributed by atoms with Crippen LogP contribution in [0.15, 0.2) is 54.6 Å². The quantitative estimate of drug-likeness (QED) is 0.409. The minimum Gasteiger partial charge on any atom is -0.389 e. The van der Waals surface area contributed by atoms with Gasteiger partial charge in [0, 0.05) is 25.2 Å². The van der Waals surface area contributed by atoms with Crippen LogP contribution in [0.2, 0.25) is 0 Å². The second-order valence-corrected chi connectivity index (χ2v) is 9.13. The van der Waals surface area contributed by atoms with Crippen molar-refractivity contribution in [1.82, 2.24) is 4.90 Å². The first-order valence-corrected chi connectivity index (χ1v) is 11.7. The van der Waals surface area contributed by atoms with Crippen LogP contribution in [0.5, 0.6) is 0 Å². The average Bonchev–Trinajstić information content (AvgIpc) is 2.80. The van der Waals surface area contributed by atoms with Crippen molar-refractivity contribution < 1.29 is 24.5 Å². The van der Waals surface area contributed by atoms with Gasteiger partial charge in [-0.05, 0) is 68.0 Å². The van der Waals surface area contributed by atoms with Crippen molar-refractivity contribution in [2.75, 3.05) is 25.0 Å². The Kier molecular flexibility index (Phi) is 8.97. The molecule has 0 spiro atoms. The summed E-state index contributed by atoms with van der Waals surface area (Å²) in [4.78, 5) is 14.9. The summed E-state index contributed by atoms with van der Waals surface area (Å²) in [5.41, 5.74) is 0.586. The Balaban J connectivity index is 1.46. The fourth-order valence-electron chi connectivity index (χ4n) is 4.58. The van der Waals surface area contributed by atoms with Crippen molar-refractivity contribution in [3.63, 3.8) is 0 Å². The number of rotatable bonds is 10. The van der Waals surface area contributed by atoms with Gasteiger partial charge in [-0.1, -0.05) is 37.3 Å². The number of hydrogen-bond donors (Lipinski definition) is 4. The molecule has 1 aliphatic heterocycles. The molecule has 2 aromatic carbocycles.